The number of anilines is 2. The highest BCUT2D eigenvalue weighted by atomic mass is 32.2. The lowest BCUT2D eigenvalue weighted by Crippen LogP contribution is -2.24. The number of carbonyl (C=O) groups is 2. The molecule has 0 bridgehead atoms. The first kappa shape index (κ1) is 23.2. The van der Waals surface area contributed by atoms with Crippen molar-refractivity contribution in [1.29, 1.82) is 0 Å². The summed E-state index contributed by atoms with van der Waals surface area (Å²) in [6, 6.07) is 15.1. The summed E-state index contributed by atoms with van der Waals surface area (Å²) in [5, 5.41) is 5.93. The van der Waals surface area contributed by atoms with Gasteiger partial charge < -0.3 is 15.4 Å². The van der Waals surface area contributed by atoms with Gasteiger partial charge in [-0.3, -0.25) is 9.59 Å². The second-order valence-corrected chi connectivity index (χ2v) is 8.96. The fourth-order valence-corrected chi connectivity index (χ4v) is 4.26. The molecule has 6 heteroatoms. The molecule has 31 heavy (non-hydrogen) atoms. The standard InChI is InChI=1S/C25H32N2O3S/c1-2-3-17-30-22-13-9-20(10-14-22)26-24(28)18-31-23-15-11-21(12-16-23)27-25(29)19-7-5-4-6-8-19/h9-16,19H,2-8,17-18H2,1H3,(H,26,28)(H,27,29). The summed E-state index contributed by atoms with van der Waals surface area (Å²) in [4.78, 5) is 25.6. The number of benzene rings is 2. The topological polar surface area (TPSA) is 67.4 Å². The van der Waals surface area contributed by atoms with Crippen LogP contribution in [0.2, 0.25) is 0 Å². The number of hydrogen-bond donors (Lipinski definition) is 2. The van der Waals surface area contributed by atoms with Crippen LogP contribution in [0.4, 0.5) is 11.4 Å². The van der Waals surface area contributed by atoms with E-state index in [4.69, 9.17) is 4.74 Å². The van der Waals surface area contributed by atoms with Crippen LogP contribution >= 0.6 is 11.8 Å². The van der Waals surface area contributed by atoms with Gasteiger partial charge in [0.15, 0.2) is 0 Å². The van der Waals surface area contributed by atoms with E-state index < -0.39 is 0 Å². The molecule has 2 amide bonds. The molecule has 0 aliphatic heterocycles. The second-order valence-electron chi connectivity index (χ2n) is 7.91. The summed E-state index contributed by atoms with van der Waals surface area (Å²) in [7, 11) is 0. The van der Waals surface area contributed by atoms with Crippen molar-refractivity contribution in [2.24, 2.45) is 5.92 Å². The highest BCUT2D eigenvalue weighted by Gasteiger charge is 2.20. The molecule has 2 aromatic rings. The monoisotopic (exact) mass is 440 g/mol. The van der Waals surface area contributed by atoms with Crippen LogP contribution in [0.1, 0.15) is 51.9 Å². The number of rotatable bonds is 10. The minimum absolute atomic E-state index is 0.0562. The number of thioether (sulfide) groups is 1. The minimum atomic E-state index is -0.0562. The van der Waals surface area contributed by atoms with E-state index in [-0.39, 0.29) is 17.7 Å². The largest absolute Gasteiger partial charge is 0.494 e. The molecule has 0 spiro atoms. The average Bonchev–Trinajstić information content (AvgIpc) is 2.80. The normalized spacial score (nSPS) is 14.1. The maximum Gasteiger partial charge on any atom is 0.234 e. The Hall–Kier alpha value is -2.47. The van der Waals surface area contributed by atoms with Gasteiger partial charge in [0.25, 0.3) is 0 Å². The zero-order valence-corrected chi connectivity index (χ0v) is 19.0. The molecular formula is C25H32N2O3S. The number of carbonyl (C=O) groups excluding carboxylic acids is 2. The molecule has 1 aliphatic carbocycles. The van der Waals surface area contributed by atoms with E-state index in [1.54, 1.807) is 0 Å². The third-order valence-corrected chi connectivity index (χ3v) is 6.38. The summed E-state index contributed by atoms with van der Waals surface area (Å²) >= 11 is 1.47. The summed E-state index contributed by atoms with van der Waals surface area (Å²) in [6.07, 6.45) is 7.64. The summed E-state index contributed by atoms with van der Waals surface area (Å²) in [5.74, 6) is 1.35. The van der Waals surface area contributed by atoms with Crippen molar-refractivity contribution in [3.05, 3.63) is 48.5 Å². The smallest absolute Gasteiger partial charge is 0.234 e. The molecule has 2 aromatic carbocycles. The molecule has 1 fully saturated rings. The molecule has 1 saturated carbocycles. The Bertz CT molecular complexity index is 831. The Morgan fingerprint density at radius 1 is 0.935 bits per heavy atom. The van der Waals surface area contributed by atoms with Crippen LogP contribution in [0.3, 0.4) is 0 Å². The maximum absolute atomic E-state index is 12.4. The Labute approximate surface area is 189 Å². The second kappa shape index (κ2) is 12.4. The predicted molar refractivity (Wildman–Crippen MR) is 128 cm³/mol. The number of unbranched alkanes of at least 4 members (excludes halogenated alkanes) is 1. The molecule has 1 aliphatic rings. The van der Waals surface area contributed by atoms with Gasteiger partial charge in [-0.15, -0.1) is 11.8 Å². The lowest BCUT2D eigenvalue weighted by molar-refractivity contribution is -0.120. The molecule has 3 rings (SSSR count). The van der Waals surface area contributed by atoms with Crippen molar-refractivity contribution >= 4 is 35.0 Å². The number of nitrogens with one attached hydrogen (secondary N) is 2. The Morgan fingerprint density at radius 3 is 2.26 bits per heavy atom. The van der Waals surface area contributed by atoms with Crippen LogP contribution in [0.5, 0.6) is 5.75 Å². The molecule has 0 atom stereocenters. The quantitative estimate of drug-likeness (QED) is 0.345. The lowest BCUT2D eigenvalue weighted by Gasteiger charge is -2.20. The molecule has 0 saturated heterocycles. The third kappa shape index (κ3) is 7.94. The van der Waals surface area contributed by atoms with Gasteiger partial charge in [-0.25, -0.2) is 0 Å². The fraction of sp³-hybridized carbons (Fsp3) is 0.440. The van der Waals surface area contributed by atoms with Crippen molar-refractivity contribution in [3.63, 3.8) is 0 Å². The van der Waals surface area contributed by atoms with Crippen LogP contribution in [0.15, 0.2) is 53.4 Å². The first-order valence-electron chi connectivity index (χ1n) is 11.2. The molecule has 0 heterocycles. The first-order valence-corrected chi connectivity index (χ1v) is 12.2. The van der Waals surface area contributed by atoms with Crippen molar-refractivity contribution in [1.82, 2.24) is 0 Å². The van der Waals surface area contributed by atoms with E-state index in [2.05, 4.69) is 17.6 Å². The summed E-state index contributed by atoms with van der Waals surface area (Å²) < 4.78 is 5.64. The molecule has 166 valence electrons. The predicted octanol–water partition coefficient (Wildman–Crippen LogP) is 6.12. The fourth-order valence-electron chi connectivity index (χ4n) is 3.56. The van der Waals surface area contributed by atoms with Crippen molar-refractivity contribution in [3.8, 4) is 5.75 Å². The average molecular weight is 441 g/mol. The molecule has 0 radical (unpaired) electrons. The van der Waals surface area contributed by atoms with Crippen LogP contribution < -0.4 is 15.4 Å². The summed E-state index contributed by atoms with van der Waals surface area (Å²) in [6.45, 7) is 2.84. The van der Waals surface area contributed by atoms with Gasteiger partial charge in [0.05, 0.1) is 12.4 Å². The first-order chi connectivity index (χ1) is 15.1. The zero-order chi connectivity index (χ0) is 21.9. The van der Waals surface area contributed by atoms with Crippen molar-refractivity contribution < 1.29 is 14.3 Å². The molecular weight excluding hydrogens is 408 g/mol. The zero-order valence-electron chi connectivity index (χ0n) is 18.2. The van der Waals surface area contributed by atoms with E-state index in [0.29, 0.717) is 12.4 Å². The molecule has 0 aromatic heterocycles. The van der Waals surface area contributed by atoms with Gasteiger partial charge in [-0.05, 0) is 67.8 Å². The van der Waals surface area contributed by atoms with Gasteiger partial charge in [0, 0.05) is 22.2 Å². The van der Waals surface area contributed by atoms with Crippen LogP contribution in [-0.4, -0.2) is 24.2 Å². The van der Waals surface area contributed by atoms with E-state index in [1.807, 2.05) is 48.5 Å². The number of amides is 2. The highest BCUT2D eigenvalue weighted by Crippen LogP contribution is 2.26. The van der Waals surface area contributed by atoms with E-state index >= 15 is 0 Å². The molecule has 2 N–H and O–H groups in total. The van der Waals surface area contributed by atoms with Gasteiger partial charge >= 0.3 is 0 Å². The Kier molecular flexibility index (Phi) is 9.28. The van der Waals surface area contributed by atoms with Crippen LogP contribution in [-0.2, 0) is 9.59 Å². The number of hydrogen-bond acceptors (Lipinski definition) is 4. The highest BCUT2D eigenvalue weighted by molar-refractivity contribution is 8.00. The van der Waals surface area contributed by atoms with Gasteiger partial charge in [-0.2, -0.15) is 0 Å². The Morgan fingerprint density at radius 2 is 1.58 bits per heavy atom. The third-order valence-electron chi connectivity index (χ3n) is 5.37. The molecule has 0 unspecified atom stereocenters. The van der Waals surface area contributed by atoms with Gasteiger partial charge in [-0.1, -0.05) is 32.6 Å². The number of ether oxygens (including phenoxy) is 1. The van der Waals surface area contributed by atoms with Gasteiger partial charge in [0.2, 0.25) is 11.8 Å². The van der Waals surface area contributed by atoms with Gasteiger partial charge in [0.1, 0.15) is 5.75 Å². The molecule has 5 nitrogen and oxygen atoms in total. The minimum Gasteiger partial charge on any atom is -0.494 e. The SMILES string of the molecule is CCCCOc1ccc(NC(=O)CSc2ccc(NC(=O)C3CCCCC3)cc2)cc1. The van der Waals surface area contributed by atoms with E-state index in [1.165, 1.54) is 18.2 Å². The van der Waals surface area contributed by atoms with Crippen LogP contribution in [0, 0.1) is 5.92 Å². The van der Waals surface area contributed by atoms with Crippen LogP contribution in [0.25, 0.3) is 0 Å². The van der Waals surface area contributed by atoms with E-state index in [9.17, 15) is 9.59 Å². The van der Waals surface area contributed by atoms with E-state index in [0.717, 1.165) is 60.5 Å². The Balaban J connectivity index is 1.40. The summed E-state index contributed by atoms with van der Waals surface area (Å²) in [5.41, 5.74) is 1.57. The van der Waals surface area contributed by atoms with Crippen molar-refractivity contribution in [2.75, 3.05) is 23.0 Å². The maximum atomic E-state index is 12.4. The lowest BCUT2D eigenvalue weighted by atomic mass is 9.88. The van der Waals surface area contributed by atoms with Crippen molar-refractivity contribution in [2.45, 2.75) is 56.8 Å².